The fourth-order valence-electron chi connectivity index (χ4n) is 0. The van der Waals surface area contributed by atoms with Crippen molar-refractivity contribution in [2.45, 2.75) is 20.8 Å². The maximum absolute atomic E-state index is 8.89. The predicted octanol–water partition coefficient (Wildman–Crippen LogP) is -7.85. The summed E-state index contributed by atoms with van der Waals surface area (Å²) < 4.78 is 0. The summed E-state index contributed by atoms with van der Waals surface area (Å²) in [6.07, 6.45) is 0. The zero-order chi connectivity index (χ0) is 10.7. The molecule has 0 fully saturated rings. The minimum atomic E-state index is -1.08. The van der Waals surface area contributed by atoms with Crippen molar-refractivity contribution in [3.05, 3.63) is 0 Å². The molecule has 0 unspecified atom stereocenters. The van der Waals surface area contributed by atoms with E-state index in [4.69, 9.17) is 29.7 Å². The van der Waals surface area contributed by atoms with E-state index >= 15 is 0 Å². The molecular weight excluding hydrogens is 423 g/mol. The molecule has 11 nitrogen and oxygen atoms in total. The van der Waals surface area contributed by atoms with Gasteiger partial charge >= 0.3 is 36.9 Å². The van der Waals surface area contributed by atoms with E-state index in [0.717, 1.165) is 20.8 Å². The van der Waals surface area contributed by atoms with Gasteiger partial charge in [-0.05, 0) is 20.8 Å². The van der Waals surface area contributed by atoms with Crippen molar-refractivity contribution < 1.29 is 94.0 Å². The topological polar surface area (TPSA) is 278 Å². The van der Waals surface area contributed by atoms with Gasteiger partial charge in [0.05, 0.1) is 0 Å². The molecule has 0 heterocycles. The molecule has 0 aliphatic heterocycles. The summed E-state index contributed by atoms with van der Waals surface area (Å²) in [6.45, 7) is 2.92. The van der Waals surface area contributed by atoms with Crippen LogP contribution in [0.1, 0.15) is 20.8 Å². The zero-order valence-corrected chi connectivity index (χ0v) is 11.4. The van der Waals surface area contributed by atoms with Crippen molar-refractivity contribution in [1.29, 1.82) is 0 Å². The van der Waals surface area contributed by atoms with Crippen LogP contribution < -0.4 is 15.3 Å². The summed E-state index contributed by atoms with van der Waals surface area (Å²) in [6, 6.07) is 0. The first-order valence-electron chi connectivity index (χ1n) is 2.72. The smallest absolute Gasteiger partial charge is 0.550 e. The Hall–Kier alpha value is -0.556. The van der Waals surface area contributed by atoms with Crippen LogP contribution in [0.2, 0.25) is 0 Å². The molecule has 10 N–H and O–H groups in total. The van der Waals surface area contributed by atoms with Gasteiger partial charge in [-0.2, -0.15) is 0 Å². The van der Waals surface area contributed by atoms with Crippen molar-refractivity contribution in [3.63, 3.8) is 0 Å². The average Bonchev–Trinajstić information content (AvgIpc) is 1.54. The van der Waals surface area contributed by atoms with E-state index in [1.807, 2.05) is 0 Å². The molecule has 0 amide bonds. The van der Waals surface area contributed by atoms with E-state index < -0.39 is 17.9 Å². The summed E-state index contributed by atoms with van der Waals surface area (Å²) in [5.74, 6) is -3.25. The fraction of sp³-hybridized carbons (Fsp3) is 0.500. The molecule has 0 aliphatic rings. The van der Waals surface area contributed by atoms with Crippen molar-refractivity contribution in [3.8, 4) is 0 Å². The van der Waals surface area contributed by atoms with Crippen LogP contribution in [0.15, 0.2) is 0 Å². The van der Waals surface area contributed by atoms with E-state index in [1.165, 1.54) is 0 Å². The van der Waals surface area contributed by atoms with Crippen LogP contribution in [0.25, 0.3) is 0 Å². The number of carbonyl (C=O) groups excluding carboxylic acids is 3. The average molecular weight is 442 g/mol. The van der Waals surface area contributed by atoms with Crippen LogP contribution in [-0.2, 0) is 14.4 Å². The first-order chi connectivity index (χ1) is 5.20. The van der Waals surface area contributed by atoms with Gasteiger partial charge in [0.25, 0.3) is 0 Å². The Morgan fingerprint density at radius 1 is 0.556 bits per heavy atom. The monoisotopic (exact) mass is 442 g/mol. The number of aliphatic carboxylic acids is 3. The minimum Gasteiger partial charge on any atom is -0.550 e. The SMILES string of the molecule is CC(=O)[O-].CC(=O)[O-].CC(=O)[O-].O.O.O.O.O.[Lu+3]. The number of carbonyl (C=O) groups is 3. The molecule has 0 radical (unpaired) electrons. The predicted molar refractivity (Wildman–Crippen MR) is 50.1 cm³/mol. The van der Waals surface area contributed by atoms with Gasteiger partial charge in [0, 0.05) is 17.9 Å². The molecular formula is C6H19LuO11. The molecule has 0 rings (SSSR count). The van der Waals surface area contributed by atoms with Crippen molar-refractivity contribution in [2.24, 2.45) is 0 Å². The van der Waals surface area contributed by atoms with Crippen LogP contribution in [0.3, 0.4) is 0 Å². The quantitative estimate of drug-likeness (QED) is 0.351. The third-order valence-corrected chi connectivity index (χ3v) is 0. The largest absolute Gasteiger partial charge is 3.00 e. The number of hydrogen-bond acceptors (Lipinski definition) is 6. The summed E-state index contributed by atoms with van der Waals surface area (Å²) in [5, 5.41) is 26.7. The molecule has 12 heteroatoms. The molecule has 0 aromatic heterocycles. The molecule has 124 valence electrons. The zero-order valence-electron chi connectivity index (χ0n) is 9.71. The number of carboxylic acids is 3. The molecule has 18 heavy (non-hydrogen) atoms. The van der Waals surface area contributed by atoms with Crippen LogP contribution in [0.5, 0.6) is 0 Å². The van der Waals surface area contributed by atoms with Gasteiger partial charge in [0.2, 0.25) is 0 Å². The van der Waals surface area contributed by atoms with E-state index in [-0.39, 0.29) is 64.3 Å². The van der Waals surface area contributed by atoms with Gasteiger partial charge in [-0.1, -0.05) is 0 Å². The Kier molecular flexibility index (Phi) is 202. The van der Waals surface area contributed by atoms with Gasteiger partial charge in [-0.3, -0.25) is 0 Å². The standard InChI is InChI=1S/3C2H4O2.Lu.5H2O/c3*1-2(3)4;;;;;;/h3*1H3,(H,3,4);;5*1H2/q;;;+3;;;;;/p-3. The van der Waals surface area contributed by atoms with E-state index in [2.05, 4.69) is 0 Å². The maximum atomic E-state index is 8.89. The Morgan fingerprint density at radius 2 is 0.556 bits per heavy atom. The van der Waals surface area contributed by atoms with Crippen molar-refractivity contribution in [2.75, 3.05) is 0 Å². The summed E-state index contributed by atoms with van der Waals surface area (Å²) in [7, 11) is 0. The van der Waals surface area contributed by atoms with E-state index in [1.54, 1.807) is 0 Å². The second-order valence-electron chi connectivity index (χ2n) is 1.47. The molecule has 0 saturated carbocycles. The number of rotatable bonds is 0. The van der Waals surface area contributed by atoms with Crippen LogP contribution in [0.4, 0.5) is 0 Å². The Balaban J connectivity index is -0.00000000827. The molecule has 0 aromatic carbocycles. The molecule has 0 saturated heterocycles. The number of carboxylic acid groups (broad SMARTS) is 3. The van der Waals surface area contributed by atoms with Gasteiger partial charge < -0.3 is 57.1 Å². The van der Waals surface area contributed by atoms with Gasteiger partial charge in [0.15, 0.2) is 0 Å². The second-order valence-corrected chi connectivity index (χ2v) is 1.47. The third-order valence-electron chi connectivity index (χ3n) is 0. The van der Waals surface area contributed by atoms with Crippen LogP contribution in [0, 0.1) is 36.9 Å². The first kappa shape index (κ1) is 66.2. The normalized spacial score (nSPS) is 4.17. The molecule has 0 spiro atoms. The van der Waals surface area contributed by atoms with Crippen molar-refractivity contribution in [1.82, 2.24) is 0 Å². The second kappa shape index (κ2) is 55.0. The Morgan fingerprint density at radius 3 is 0.556 bits per heavy atom. The molecule has 0 aliphatic carbocycles. The molecule has 0 aromatic rings. The fourth-order valence-corrected chi connectivity index (χ4v) is 0. The van der Waals surface area contributed by atoms with E-state index in [9.17, 15) is 0 Å². The summed E-state index contributed by atoms with van der Waals surface area (Å²) in [4.78, 5) is 26.7. The van der Waals surface area contributed by atoms with Crippen molar-refractivity contribution >= 4 is 17.9 Å². The van der Waals surface area contributed by atoms with Crippen LogP contribution in [-0.4, -0.2) is 45.3 Å². The minimum absolute atomic E-state index is 0. The van der Waals surface area contributed by atoms with Gasteiger partial charge in [0.1, 0.15) is 0 Å². The molecule has 0 atom stereocenters. The van der Waals surface area contributed by atoms with Gasteiger partial charge in [-0.15, -0.1) is 0 Å². The van der Waals surface area contributed by atoms with Gasteiger partial charge in [-0.25, -0.2) is 0 Å². The molecule has 0 bridgehead atoms. The van der Waals surface area contributed by atoms with E-state index in [0.29, 0.717) is 0 Å². The summed E-state index contributed by atoms with van der Waals surface area (Å²) in [5.41, 5.74) is 0. The maximum Gasteiger partial charge on any atom is 3.00 e. The summed E-state index contributed by atoms with van der Waals surface area (Å²) >= 11 is 0. The number of hydrogen-bond donors (Lipinski definition) is 0. The Bertz CT molecular complexity index is 119. The Labute approximate surface area is 132 Å². The first-order valence-corrected chi connectivity index (χ1v) is 2.72. The third kappa shape index (κ3) is 10400. The van der Waals surface area contributed by atoms with Crippen LogP contribution >= 0.6 is 0 Å².